The minimum Gasteiger partial charge on any atom is -0.381 e. The molecule has 2 aromatic rings. The molecule has 0 aliphatic carbocycles. The lowest BCUT2D eigenvalue weighted by molar-refractivity contribution is 0.133. The summed E-state index contributed by atoms with van der Waals surface area (Å²) in [6.45, 7) is 6.78. The SMILES string of the molecule is CC(C)CCOCCNc1cccc2cc(Br)cnc12. The third-order valence-corrected chi connectivity index (χ3v) is 3.51. The number of nitrogens with one attached hydrogen (secondary N) is 1. The molecule has 0 spiro atoms. The van der Waals surface area contributed by atoms with Gasteiger partial charge >= 0.3 is 0 Å². The number of ether oxygens (including phenoxy) is 1. The van der Waals surface area contributed by atoms with E-state index in [0.717, 1.165) is 47.2 Å². The van der Waals surface area contributed by atoms with Crippen molar-refractivity contribution in [2.45, 2.75) is 20.3 Å². The fourth-order valence-electron chi connectivity index (χ4n) is 1.96. The smallest absolute Gasteiger partial charge is 0.0934 e. The molecule has 20 heavy (non-hydrogen) atoms. The van der Waals surface area contributed by atoms with Crippen molar-refractivity contribution in [3.8, 4) is 0 Å². The first-order valence-corrected chi connectivity index (χ1v) is 7.82. The van der Waals surface area contributed by atoms with Crippen molar-refractivity contribution in [2.75, 3.05) is 25.1 Å². The molecular formula is C16H21BrN2O. The Morgan fingerprint density at radius 1 is 1.30 bits per heavy atom. The van der Waals surface area contributed by atoms with Crippen molar-refractivity contribution in [3.05, 3.63) is 34.9 Å². The largest absolute Gasteiger partial charge is 0.381 e. The molecule has 1 heterocycles. The molecule has 0 bridgehead atoms. The third kappa shape index (κ3) is 4.46. The van der Waals surface area contributed by atoms with E-state index in [1.807, 2.05) is 12.3 Å². The standard InChI is InChI=1S/C16H21BrN2O/c1-12(2)6-8-20-9-7-18-15-5-3-4-13-10-14(17)11-19-16(13)15/h3-5,10-12,18H,6-9H2,1-2H3. The highest BCUT2D eigenvalue weighted by molar-refractivity contribution is 9.10. The number of para-hydroxylation sites is 1. The van der Waals surface area contributed by atoms with E-state index in [4.69, 9.17) is 4.74 Å². The Kier molecular flexibility index (Phi) is 5.80. The van der Waals surface area contributed by atoms with Gasteiger partial charge in [0.05, 0.1) is 17.8 Å². The van der Waals surface area contributed by atoms with E-state index in [-0.39, 0.29) is 0 Å². The summed E-state index contributed by atoms with van der Waals surface area (Å²) in [6.07, 6.45) is 2.94. The lowest BCUT2D eigenvalue weighted by atomic mass is 10.1. The maximum absolute atomic E-state index is 5.61. The third-order valence-electron chi connectivity index (χ3n) is 3.08. The number of hydrogen-bond acceptors (Lipinski definition) is 3. The lowest BCUT2D eigenvalue weighted by Gasteiger charge is -2.10. The highest BCUT2D eigenvalue weighted by Crippen LogP contribution is 2.23. The molecule has 0 fully saturated rings. The first-order valence-electron chi connectivity index (χ1n) is 7.02. The Hall–Kier alpha value is -1.13. The topological polar surface area (TPSA) is 34.1 Å². The Bertz CT molecular complexity index is 557. The molecule has 0 unspecified atom stereocenters. The number of pyridine rings is 1. The van der Waals surface area contributed by atoms with Crippen LogP contribution in [0, 0.1) is 5.92 Å². The number of rotatable bonds is 7. The van der Waals surface area contributed by atoms with E-state index in [1.54, 1.807) is 0 Å². The second-order valence-electron chi connectivity index (χ2n) is 5.25. The first-order chi connectivity index (χ1) is 9.66. The van der Waals surface area contributed by atoms with Gasteiger partial charge in [0, 0.05) is 29.2 Å². The van der Waals surface area contributed by atoms with Crippen LogP contribution >= 0.6 is 15.9 Å². The number of benzene rings is 1. The predicted molar refractivity (Wildman–Crippen MR) is 88.2 cm³/mol. The average molecular weight is 337 g/mol. The molecule has 0 aliphatic rings. The van der Waals surface area contributed by atoms with E-state index in [9.17, 15) is 0 Å². The van der Waals surface area contributed by atoms with Crippen LogP contribution in [0.15, 0.2) is 34.9 Å². The second kappa shape index (κ2) is 7.60. The summed E-state index contributed by atoms with van der Waals surface area (Å²) in [5.74, 6) is 0.698. The molecule has 0 saturated heterocycles. The monoisotopic (exact) mass is 336 g/mol. The first kappa shape index (κ1) is 15.3. The molecule has 108 valence electrons. The Balaban J connectivity index is 1.87. The van der Waals surface area contributed by atoms with E-state index in [0.29, 0.717) is 5.92 Å². The molecule has 1 aromatic carbocycles. The summed E-state index contributed by atoms with van der Waals surface area (Å²) >= 11 is 3.45. The molecule has 1 aromatic heterocycles. The fourth-order valence-corrected chi connectivity index (χ4v) is 2.30. The molecule has 0 saturated carbocycles. The Morgan fingerprint density at radius 3 is 2.95 bits per heavy atom. The quantitative estimate of drug-likeness (QED) is 0.757. The van der Waals surface area contributed by atoms with Gasteiger partial charge in [0.1, 0.15) is 0 Å². The minimum absolute atomic E-state index is 0.698. The predicted octanol–water partition coefficient (Wildman–Crippen LogP) is 4.47. The van der Waals surface area contributed by atoms with E-state index in [2.05, 4.69) is 58.3 Å². The van der Waals surface area contributed by atoms with Crippen molar-refractivity contribution in [1.82, 2.24) is 4.98 Å². The maximum Gasteiger partial charge on any atom is 0.0934 e. The van der Waals surface area contributed by atoms with Crippen LogP contribution in [0.25, 0.3) is 10.9 Å². The van der Waals surface area contributed by atoms with Gasteiger partial charge in [0.25, 0.3) is 0 Å². The summed E-state index contributed by atoms with van der Waals surface area (Å²) in [5, 5.41) is 4.52. The van der Waals surface area contributed by atoms with Crippen LogP contribution in [-0.4, -0.2) is 24.7 Å². The van der Waals surface area contributed by atoms with Crippen molar-refractivity contribution in [2.24, 2.45) is 5.92 Å². The highest BCUT2D eigenvalue weighted by Gasteiger charge is 2.02. The summed E-state index contributed by atoms with van der Waals surface area (Å²) in [5.41, 5.74) is 2.06. The van der Waals surface area contributed by atoms with Gasteiger partial charge in [-0.25, -0.2) is 0 Å². The summed E-state index contributed by atoms with van der Waals surface area (Å²) in [7, 11) is 0. The van der Waals surface area contributed by atoms with Gasteiger partial charge < -0.3 is 10.1 Å². The van der Waals surface area contributed by atoms with Gasteiger partial charge in [-0.3, -0.25) is 4.98 Å². The van der Waals surface area contributed by atoms with Crippen LogP contribution in [0.5, 0.6) is 0 Å². The Morgan fingerprint density at radius 2 is 2.15 bits per heavy atom. The minimum atomic E-state index is 0.698. The van der Waals surface area contributed by atoms with Crippen LogP contribution in [0.3, 0.4) is 0 Å². The van der Waals surface area contributed by atoms with Gasteiger partial charge in [0.2, 0.25) is 0 Å². The van der Waals surface area contributed by atoms with Gasteiger partial charge in [0.15, 0.2) is 0 Å². The van der Waals surface area contributed by atoms with Crippen molar-refractivity contribution >= 4 is 32.5 Å². The van der Waals surface area contributed by atoms with Gasteiger partial charge in [-0.2, -0.15) is 0 Å². The van der Waals surface area contributed by atoms with E-state index in [1.165, 1.54) is 0 Å². The van der Waals surface area contributed by atoms with Crippen LogP contribution in [-0.2, 0) is 4.74 Å². The van der Waals surface area contributed by atoms with Gasteiger partial charge in [-0.15, -0.1) is 0 Å². The van der Waals surface area contributed by atoms with Crippen molar-refractivity contribution in [3.63, 3.8) is 0 Å². The molecule has 0 aliphatic heterocycles. The van der Waals surface area contributed by atoms with E-state index < -0.39 is 0 Å². The van der Waals surface area contributed by atoms with Gasteiger partial charge in [-0.05, 0) is 40.4 Å². The molecule has 3 nitrogen and oxygen atoms in total. The van der Waals surface area contributed by atoms with Crippen molar-refractivity contribution in [1.29, 1.82) is 0 Å². The highest BCUT2D eigenvalue weighted by atomic mass is 79.9. The number of anilines is 1. The van der Waals surface area contributed by atoms with Crippen LogP contribution < -0.4 is 5.32 Å². The molecule has 0 atom stereocenters. The van der Waals surface area contributed by atoms with Crippen LogP contribution in [0.1, 0.15) is 20.3 Å². The van der Waals surface area contributed by atoms with Crippen molar-refractivity contribution < 1.29 is 4.74 Å². The van der Waals surface area contributed by atoms with Gasteiger partial charge in [-0.1, -0.05) is 26.0 Å². The molecule has 0 radical (unpaired) electrons. The average Bonchev–Trinajstić information content (AvgIpc) is 2.42. The van der Waals surface area contributed by atoms with Crippen LogP contribution in [0.2, 0.25) is 0 Å². The number of fused-ring (bicyclic) bond motifs is 1. The number of halogens is 1. The summed E-state index contributed by atoms with van der Waals surface area (Å²) in [4.78, 5) is 4.47. The second-order valence-corrected chi connectivity index (χ2v) is 6.17. The summed E-state index contributed by atoms with van der Waals surface area (Å²) in [6, 6.07) is 8.24. The fraction of sp³-hybridized carbons (Fsp3) is 0.438. The molecule has 1 N–H and O–H groups in total. The summed E-state index contributed by atoms with van der Waals surface area (Å²) < 4.78 is 6.61. The zero-order valence-electron chi connectivity index (χ0n) is 12.0. The van der Waals surface area contributed by atoms with E-state index >= 15 is 0 Å². The zero-order chi connectivity index (χ0) is 14.4. The molecule has 0 amide bonds. The molecule has 2 rings (SSSR count). The lowest BCUT2D eigenvalue weighted by Crippen LogP contribution is -2.11. The molecular weight excluding hydrogens is 316 g/mol. The van der Waals surface area contributed by atoms with Crippen LogP contribution in [0.4, 0.5) is 5.69 Å². The maximum atomic E-state index is 5.61. The number of nitrogens with zero attached hydrogens (tertiary/aromatic N) is 1. The number of aromatic nitrogens is 1. The number of hydrogen-bond donors (Lipinski definition) is 1. The Labute approximate surface area is 128 Å². The zero-order valence-corrected chi connectivity index (χ0v) is 13.6. The molecule has 4 heteroatoms. The normalized spacial score (nSPS) is 11.2.